The van der Waals surface area contributed by atoms with Crippen molar-refractivity contribution in [3.05, 3.63) is 71.0 Å². The summed E-state index contributed by atoms with van der Waals surface area (Å²) in [6, 6.07) is 16.6. The molecule has 0 unspecified atom stereocenters. The monoisotopic (exact) mass is 415 g/mol. The zero-order valence-electron chi connectivity index (χ0n) is 15.3. The van der Waals surface area contributed by atoms with E-state index in [1.807, 2.05) is 54.8 Å². The van der Waals surface area contributed by atoms with Crippen LogP contribution >= 0.6 is 23.4 Å². The molecule has 3 rings (SSSR count). The van der Waals surface area contributed by atoms with Gasteiger partial charge in [0.05, 0.1) is 17.1 Å². The van der Waals surface area contributed by atoms with Gasteiger partial charge < -0.3 is 10.1 Å². The average Bonchev–Trinajstić information content (AvgIpc) is 3.01. The smallest absolute Gasteiger partial charge is 0.343 e. The highest BCUT2D eigenvalue weighted by molar-refractivity contribution is 7.98. The molecule has 2 aromatic carbocycles. The molecule has 6 nitrogen and oxygen atoms in total. The Kier molecular flexibility index (Phi) is 6.38. The van der Waals surface area contributed by atoms with Gasteiger partial charge in [0, 0.05) is 4.90 Å². The number of ether oxygens (including phenoxy) is 1. The molecule has 0 radical (unpaired) electrons. The number of esters is 1. The number of anilines is 1. The third kappa shape index (κ3) is 4.37. The maximum absolute atomic E-state index is 12.5. The van der Waals surface area contributed by atoms with Gasteiger partial charge in [-0.25, -0.2) is 9.48 Å². The number of carbonyl (C=O) groups is 2. The second-order valence-corrected chi connectivity index (χ2v) is 7.03. The minimum atomic E-state index is -0.696. The molecule has 0 spiro atoms. The number of halogens is 1. The van der Waals surface area contributed by atoms with Crippen LogP contribution in [0.1, 0.15) is 16.1 Å². The molecule has 0 bridgehead atoms. The fourth-order valence-electron chi connectivity index (χ4n) is 2.61. The van der Waals surface area contributed by atoms with Crippen LogP contribution in [0.25, 0.3) is 5.69 Å². The molecule has 28 heavy (non-hydrogen) atoms. The van der Waals surface area contributed by atoms with E-state index in [4.69, 9.17) is 16.3 Å². The zero-order valence-corrected chi connectivity index (χ0v) is 16.9. The maximum atomic E-state index is 12.5. The Balaban J connectivity index is 1.68. The SMILES string of the molecule is CSc1ccccc1NC(=O)COC(=O)c1c(C)nn(-c2ccccc2)c1Cl. The lowest BCUT2D eigenvalue weighted by atomic mass is 10.2. The second kappa shape index (κ2) is 8.95. The Labute approximate surface area is 171 Å². The van der Waals surface area contributed by atoms with Crippen LogP contribution < -0.4 is 5.32 Å². The van der Waals surface area contributed by atoms with Crippen LogP contribution in [-0.4, -0.2) is 34.5 Å². The third-order valence-electron chi connectivity index (χ3n) is 3.92. The highest BCUT2D eigenvalue weighted by atomic mass is 35.5. The van der Waals surface area contributed by atoms with E-state index in [1.54, 1.807) is 13.0 Å². The van der Waals surface area contributed by atoms with Gasteiger partial charge in [-0.3, -0.25) is 4.79 Å². The predicted molar refractivity (Wildman–Crippen MR) is 110 cm³/mol. The minimum absolute atomic E-state index is 0.141. The van der Waals surface area contributed by atoms with Gasteiger partial charge in [-0.2, -0.15) is 5.10 Å². The summed E-state index contributed by atoms with van der Waals surface area (Å²) in [4.78, 5) is 25.5. The molecule has 144 valence electrons. The van der Waals surface area contributed by atoms with Gasteiger partial charge in [0.1, 0.15) is 10.7 Å². The Morgan fingerprint density at radius 1 is 1.14 bits per heavy atom. The van der Waals surface area contributed by atoms with Crippen molar-refractivity contribution in [1.82, 2.24) is 9.78 Å². The first-order valence-corrected chi connectivity index (χ1v) is 10.0. The van der Waals surface area contributed by atoms with Crippen molar-refractivity contribution < 1.29 is 14.3 Å². The van der Waals surface area contributed by atoms with Crippen LogP contribution in [0.15, 0.2) is 59.5 Å². The van der Waals surface area contributed by atoms with Crippen molar-refractivity contribution in [1.29, 1.82) is 0 Å². The van der Waals surface area contributed by atoms with Gasteiger partial charge >= 0.3 is 5.97 Å². The maximum Gasteiger partial charge on any atom is 0.343 e. The zero-order chi connectivity index (χ0) is 20.1. The molecule has 1 heterocycles. The number of amides is 1. The highest BCUT2D eigenvalue weighted by Crippen LogP contribution is 2.25. The molecule has 0 fully saturated rings. The van der Waals surface area contributed by atoms with Gasteiger partial charge in [-0.15, -0.1) is 11.8 Å². The Morgan fingerprint density at radius 3 is 2.54 bits per heavy atom. The van der Waals surface area contributed by atoms with E-state index in [0.717, 1.165) is 10.6 Å². The largest absolute Gasteiger partial charge is 0.452 e. The number of hydrogen-bond acceptors (Lipinski definition) is 5. The number of rotatable bonds is 6. The van der Waals surface area contributed by atoms with Crippen LogP contribution in [0, 0.1) is 6.92 Å². The lowest BCUT2D eigenvalue weighted by Crippen LogP contribution is -2.21. The summed E-state index contributed by atoms with van der Waals surface area (Å²) in [5, 5.41) is 7.18. The summed E-state index contributed by atoms with van der Waals surface area (Å²) in [6.07, 6.45) is 1.92. The van der Waals surface area contributed by atoms with Gasteiger partial charge in [0.25, 0.3) is 5.91 Å². The number of aryl methyl sites for hydroxylation is 1. The molecule has 0 aliphatic heterocycles. The summed E-state index contributed by atoms with van der Waals surface area (Å²) < 4.78 is 6.61. The molecule has 0 saturated heterocycles. The lowest BCUT2D eigenvalue weighted by molar-refractivity contribution is -0.119. The van der Waals surface area contributed by atoms with Crippen molar-refractivity contribution in [3.63, 3.8) is 0 Å². The van der Waals surface area contributed by atoms with Gasteiger partial charge in [0.15, 0.2) is 6.61 Å². The van der Waals surface area contributed by atoms with Crippen molar-refractivity contribution in [2.24, 2.45) is 0 Å². The first-order valence-electron chi connectivity index (χ1n) is 8.41. The molecule has 3 aromatic rings. The molecule has 1 N–H and O–H groups in total. The predicted octanol–water partition coefficient (Wildman–Crippen LogP) is 4.35. The minimum Gasteiger partial charge on any atom is -0.452 e. The van der Waals surface area contributed by atoms with Crippen LogP contribution in [0.4, 0.5) is 5.69 Å². The number of benzene rings is 2. The first kappa shape index (κ1) is 20.0. The Bertz CT molecular complexity index is 1010. The Hall–Kier alpha value is -2.77. The number of carbonyl (C=O) groups excluding carboxylic acids is 2. The molecular weight excluding hydrogens is 398 g/mol. The summed E-state index contributed by atoms with van der Waals surface area (Å²) in [5.74, 6) is -1.13. The van der Waals surface area contributed by atoms with Crippen LogP contribution in [0.3, 0.4) is 0 Å². The number of nitrogens with zero attached hydrogens (tertiary/aromatic N) is 2. The molecule has 8 heteroatoms. The van der Waals surface area contributed by atoms with Crippen LogP contribution in [0.5, 0.6) is 0 Å². The molecule has 0 aliphatic rings. The van der Waals surface area contributed by atoms with E-state index in [1.165, 1.54) is 16.4 Å². The normalized spacial score (nSPS) is 10.5. The summed E-state index contributed by atoms with van der Waals surface area (Å²) in [6.45, 7) is 1.24. The fraction of sp³-hybridized carbons (Fsp3) is 0.150. The van der Waals surface area contributed by atoms with Gasteiger partial charge in [-0.05, 0) is 37.4 Å². The average molecular weight is 416 g/mol. The molecule has 0 saturated carbocycles. The van der Waals surface area contributed by atoms with E-state index in [-0.39, 0.29) is 10.7 Å². The number of thioether (sulfide) groups is 1. The number of hydrogen-bond donors (Lipinski definition) is 1. The summed E-state index contributed by atoms with van der Waals surface area (Å²) >= 11 is 7.85. The van der Waals surface area contributed by atoms with E-state index >= 15 is 0 Å². The molecule has 1 aromatic heterocycles. The molecule has 0 atom stereocenters. The van der Waals surface area contributed by atoms with Crippen molar-refractivity contribution in [2.75, 3.05) is 18.2 Å². The first-order chi connectivity index (χ1) is 13.5. The van der Waals surface area contributed by atoms with E-state index < -0.39 is 18.5 Å². The number of aromatic nitrogens is 2. The van der Waals surface area contributed by atoms with E-state index in [9.17, 15) is 9.59 Å². The van der Waals surface area contributed by atoms with E-state index in [2.05, 4.69) is 10.4 Å². The van der Waals surface area contributed by atoms with Gasteiger partial charge in [0.2, 0.25) is 0 Å². The quantitative estimate of drug-likeness (QED) is 0.478. The fourth-order valence-corrected chi connectivity index (χ4v) is 3.51. The number of nitrogens with one attached hydrogen (secondary N) is 1. The van der Waals surface area contributed by atoms with Crippen LogP contribution in [0.2, 0.25) is 5.15 Å². The second-order valence-electron chi connectivity index (χ2n) is 5.82. The van der Waals surface area contributed by atoms with Crippen LogP contribution in [-0.2, 0) is 9.53 Å². The summed E-state index contributed by atoms with van der Waals surface area (Å²) in [7, 11) is 0. The Morgan fingerprint density at radius 2 is 1.82 bits per heavy atom. The lowest BCUT2D eigenvalue weighted by Gasteiger charge is -2.09. The third-order valence-corrected chi connectivity index (χ3v) is 5.07. The summed E-state index contributed by atoms with van der Waals surface area (Å²) in [5.41, 5.74) is 1.96. The number of para-hydroxylation sites is 2. The molecule has 1 amide bonds. The highest BCUT2D eigenvalue weighted by Gasteiger charge is 2.23. The standard InChI is InChI=1S/C20H18ClN3O3S/c1-13-18(19(21)24(23-13)14-8-4-3-5-9-14)20(26)27-12-17(25)22-15-10-6-7-11-16(15)28-2/h3-11H,12H2,1-2H3,(H,22,25). The van der Waals surface area contributed by atoms with Crippen molar-refractivity contribution >= 4 is 40.9 Å². The van der Waals surface area contributed by atoms with Gasteiger partial charge in [-0.1, -0.05) is 41.9 Å². The topological polar surface area (TPSA) is 73.2 Å². The van der Waals surface area contributed by atoms with Crippen molar-refractivity contribution in [3.8, 4) is 5.69 Å². The molecule has 0 aliphatic carbocycles. The van der Waals surface area contributed by atoms with E-state index in [0.29, 0.717) is 11.4 Å². The molecular formula is C20H18ClN3O3S. The van der Waals surface area contributed by atoms with Crippen molar-refractivity contribution in [2.45, 2.75) is 11.8 Å².